The van der Waals surface area contributed by atoms with Crippen molar-refractivity contribution in [3.63, 3.8) is 0 Å². The maximum absolute atomic E-state index is 12.1. The van der Waals surface area contributed by atoms with E-state index in [1.165, 1.54) is 0 Å². The normalized spacial score (nSPS) is 11.6. The minimum Gasteiger partial charge on any atom is -0.497 e. The average Bonchev–Trinajstić information content (AvgIpc) is 2.55. The Bertz CT molecular complexity index is 668. The fourth-order valence-electron chi connectivity index (χ4n) is 2.51. The maximum Gasteiger partial charge on any atom is 0.321 e. The molecule has 23 heavy (non-hydrogen) atoms. The van der Waals surface area contributed by atoms with Crippen molar-refractivity contribution in [1.29, 1.82) is 0 Å². The van der Waals surface area contributed by atoms with E-state index >= 15 is 0 Å². The Kier molecular flexibility index (Phi) is 5.83. The first-order valence-corrected chi connectivity index (χ1v) is 7.72. The third-order valence-corrected chi connectivity index (χ3v) is 3.76. The standard InChI is InChI=1S/C19H20ClNO2/c1-14(2)13-18(15-7-5-4-6-8-15)21(19(20)22)16-9-11-17(23-3)12-10-16/h4-12,18H,1,13H2,2-3H3. The van der Waals surface area contributed by atoms with Crippen LogP contribution in [0, 0.1) is 0 Å². The van der Waals surface area contributed by atoms with Crippen LogP contribution in [0.2, 0.25) is 0 Å². The fourth-order valence-corrected chi connectivity index (χ4v) is 2.73. The number of anilines is 1. The summed E-state index contributed by atoms with van der Waals surface area (Å²) in [6.07, 6.45) is 0.633. The first-order chi connectivity index (χ1) is 11.0. The van der Waals surface area contributed by atoms with Crippen LogP contribution in [-0.4, -0.2) is 12.5 Å². The van der Waals surface area contributed by atoms with Crippen LogP contribution in [0.1, 0.15) is 24.9 Å². The summed E-state index contributed by atoms with van der Waals surface area (Å²) in [6, 6.07) is 16.9. The van der Waals surface area contributed by atoms with E-state index < -0.39 is 5.37 Å². The van der Waals surface area contributed by atoms with Gasteiger partial charge in [-0.1, -0.05) is 35.9 Å². The van der Waals surface area contributed by atoms with Gasteiger partial charge < -0.3 is 4.74 Å². The Hall–Kier alpha value is -2.26. The van der Waals surface area contributed by atoms with Crippen molar-refractivity contribution in [3.8, 4) is 5.75 Å². The molecule has 1 atom stereocenters. The molecule has 0 aromatic heterocycles. The Morgan fingerprint density at radius 2 is 1.78 bits per heavy atom. The van der Waals surface area contributed by atoms with Crippen molar-refractivity contribution in [3.05, 3.63) is 72.3 Å². The summed E-state index contributed by atoms with van der Waals surface area (Å²) in [5, 5.41) is -0.523. The average molecular weight is 330 g/mol. The van der Waals surface area contributed by atoms with Crippen LogP contribution in [0.3, 0.4) is 0 Å². The lowest BCUT2D eigenvalue weighted by Crippen LogP contribution is -2.31. The lowest BCUT2D eigenvalue weighted by atomic mass is 9.98. The molecule has 0 fully saturated rings. The first-order valence-electron chi connectivity index (χ1n) is 7.35. The molecule has 0 N–H and O–H groups in total. The molecule has 0 bridgehead atoms. The van der Waals surface area contributed by atoms with Gasteiger partial charge in [0, 0.05) is 5.69 Å². The zero-order valence-electron chi connectivity index (χ0n) is 13.3. The lowest BCUT2D eigenvalue weighted by molar-refractivity contribution is 0.262. The van der Waals surface area contributed by atoms with Gasteiger partial charge in [0.15, 0.2) is 0 Å². The van der Waals surface area contributed by atoms with Gasteiger partial charge in [-0.15, -0.1) is 6.58 Å². The Balaban J connectivity index is 2.45. The van der Waals surface area contributed by atoms with E-state index in [9.17, 15) is 4.79 Å². The second-order valence-electron chi connectivity index (χ2n) is 5.41. The highest BCUT2D eigenvalue weighted by atomic mass is 35.5. The molecule has 0 saturated heterocycles. The number of ether oxygens (including phenoxy) is 1. The molecule has 0 aliphatic carbocycles. The minimum absolute atomic E-state index is 0.202. The molecule has 0 radical (unpaired) electrons. The van der Waals surface area contributed by atoms with E-state index in [1.807, 2.05) is 61.5 Å². The molecule has 4 heteroatoms. The van der Waals surface area contributed by atoms with Gasteiger partial charge in [-0.05, 0) is 54.8 Å². The topological polar surface area (TPSA) is 29.5 Å². The second-order valence-corrected chi connectivity index (χ2v) is 5.73. The molecule has 1 unspecified atom stereocenters. The number of benzene rings is 2. The number of hydrogen-bond acceptors (Lipinski definition) is 2. The minimum atomic E-state index is -0.523. The molecule has 1 amide bonds. The zero-order valence-corrected chi connectivity index (χ0v) is 14.1. The number of amides is 1. The molecule has 2 aromatic carbocycles. The van der Waals surface area contributed by atoms with E-state index in [-0.39, 0.29) is 6.04 Å². The molecule has 0 aliphatic rings. The number of carbonyl (C=O) groups is 1. The summed E-state index contributed by atoms with van der Waals surface area (Å²) in [6.45, 7) is 5.93. The molecule has 2 aromatic rings. The van der Waals surface area contributed by atoms with E-state index in [0.717, 1.165) is 22.6 Å². The first kappa shape index (κ1) is 17.1. The van der Waals surface area contributed by atoms with Crippen LogP contribution in [0.5, 0.6) is 5.75 Å². The number of halogens is 1. The number of rotatable bonds is 6. The van der Waals surface area contributed by atoms with E-state index in [4.69, 9.17) is 16.3 Å². The van der Waals surface area contributed by atoms with Crippen LogP contribution in [0.4, 0.5) is 10.5 Å². The fraction of sp³-hybridized carbons (Fsp3) is 0.211. The van der Waals surface area contributed by atoms with Gasteiger partial charge >= 0.3 is 5.37 Å². The predicted octanol–water partition coefficient (Wildman–Crippen LogP) is 5.57. The smallest absolute Gasteiger partial charge is 0.321 e. The number of nitrogens with zero attached hydrogens (tertiary/aromatic N) is 1. The molecule has 0 heterocycles. The third-order valence-electron chi connectivity index (χ3n) is 3.58. The summed E-state index contributed by atoms with van der Waals surface area (Å²) in [5.74, 6) is 0.729. The largest absolute Gasteiger partial charge is 0.497 e. The lowest BCUT2D eigenvalue weighted by Gasteiger charge is -2.31. The van der Waals surface area contributed by atoms with Crippen molar-refractivity contribution in [2.24, 2.45) is 0 Å². The van der Waals surface area contributed by atoms with Crippen molar-refractivity contribution >= 4 is 22.7 Å². The van der Waals surface area contributed by atoms with Gasteiger partial charge in [0.2, 0.25) is 0 Å². The molecule has 120 valence electrons. The molecular formula is C19H20ClNO2. The summed E-state index contributed by atoms with van der Waals surface area (Å²) >= 11 is 5.91. The van der Waals surface area contributed by atoms with E-state index in [1.54, 1.807) is 12.0 Å². The highest BCUT2D eigenvalue weighted by Gasteiger charge is 2.25. The molecule has 0 aliphatic heterocycles. The quantitative estimate of drug-likeness (QED) is 0.394. The monoisotopic (exact) mass is 329 g/mol. The highest BCUT2D eigenvalue weighted by Crippen LogP contribution is 2.33. The van der Waals surface area contributed by atoms with E-state index in [0.29, 0.717) is 6.42 Å². The zero-order chi connectivity index (χ0) is 16.8. The summed E-state index contributed by atoms with van der Waals surface area (Å²) in [4.78, 5) is 13.7. The maximum atomic E-state index is 12.1. The van der Waals surface area contributed by atoms with Gasteiger partial charge in [-0.2, -0.15) is 0 Å². The third kappa shape index (κ3) is 4.36. The molecule has 2 rings (SSSR count). The van der Waals surface area contributed by atoms with Crippen molar-refractivity contribution in [2.75, 3.05) is 12.0 Å². The number of carbonyl (C=O) groups excluding carboxylic acids is 1. The molecule has 0 spiro atoms. The van der Waals surface area contributed by atoms with Crippen molar-refractivity contribution in [2.45, 2.75) is 19.4 Å². The van der Waals surface area contributed by atoms with Crippen LogP contribution in [0.15, 0.2) is 66.7 Å². The second kappa shape index (κ2) is 7.84. The Morgan fingerprint density at radius 1 is 1.17 bits per heavy atom. The molecule has 3 nitrogen and oxygen atoms in total. The van der Waals surface area contributed by atoms with E-state index in [2.05, 4.69) is 6.58 Å². The molecular weight excluding hydrogens is 310 g/mol. The van der Waals surface area contributed by atoms with Crippen LogP contribution < -0.4 is 9.64 Å². The number of methoxy groups -OCH3 is 1. The van der Waals surface area contributed by atoms with Crippen molar-refractivity contribution in [1.82, 2.24) is 0 Å². The van der Waals surface area contributed by atoms with Crippen LogP contribution in [-0.2, 0) is 0 Å². The van der Waals surface area contributed by atoms with Crippen LogP contribution >= 0.6 is 11.6 Å². The van der Waals surface area contributed by atoms with Gasteiger partial charge in [-0.25, -0.2) is 0 Å². The van der Waals surface area contributed by atoms with Gasteiger partial charge in [0.25, 0.3) is 0 Å². The Morgan fingerprint density at radius 3 is 2.26 bits per heavy atom. The summed E-state index contributed by atoms with van der Waals surface area (Å²) < 4.78 is 5.17. The number of hydrogen-bond donors (Lipinski definition) is 0. The van der Waals surface area contributed by atoms with Gasteiger partial charge in [0.1, 0.15) is 5.75 Å². The van der Waals surface area contributed by atoms with Crippen LogP contribution in [0.25, 0.3) is 0 Å². The van der Waals surface area contributed by atoms with Crippen molar-refractivity contribution < 1.29 is 9.53 Å². The summed E-state index contributed by atoms with van der Waals surface area (Å²) in [7, 11) is 1.60. The highest BCUT2D eigenvalue weighted by molar-refractivity contribution is 6.66. The van der Waals surface area contributed by atoms with Gasteiger partial charge in [0.05, 0.1) is 13.2 Å². The SMILES string of the molecule is C=C(C)CC(c1ccccc1)N(C(=O)Cl)c1ccc(OC)cc1. The molecule has 0 saturated carbocycles. The van der Waals surface area contributed by atoms with Gasteiger partial charge in [-0.3, -0.25) is 9.69 Å². The predicted molar refractivity (Wildman–Crippen MR) is 95.3 cm³/mol. The Labute approximate surface area is 142 Å². The summed E-state index contributed by atoms with van der Waals surface area (Å²) in [5.41, 5.74) is 2.72.